The molecule has 4 nitrogen and oxygen atoms in total. The lowest BCUT2D eigenvalue weighted by Gasteiger charge is -2.29. The van der Waals surface area contributed by atoms with Crippen molar-refractivity contribution in [1.82, 2.24) is 5.32 Å². The first-order valence-electron chi connectivity index (χ1n) is 9.46. The number of nitrogens with zero attached hydrogens (tertiary/aromatic N) is 1. The van der Waals surface area contributed by atoms with Crippen molar-refractivity contribution in [2.24, 2.45) is 5.16 Å². The van der Waals surface area contributed by atoms with Crippen molar-refractivity contribution >= 4 is 34.8 Å². The van der Waals surface area contributed by atoms with Gasteiger partial charge in [-0.15, -0.1) is 0 Å². The number of aryl methyl sites for hydroxylation is 1. The van der Waals surface area contributed by atoms with Gasteiger partial charge in [-0.1, -0.05) is 34.4 Å². The largest absolute Gasteiger partial charge is 0.435 e. The highest BCUT2D eigenvalue weighted by molar-refractivity contribution is 6.34. The predicted molar refractivity (Wildman–Crippen MR) is 111 cm³/mol. The summed E-state index contributed by atoms with van der Waals surface area (Å²) in [5.74, 6) is -0.730. The average Bonchev–Trinajstić information content (AvgIpc) is 3.13. The molecule has 0 aromatic heterocycles. The van der Waals surface area contributed by atoms with Crippen LogP contribution in [0.25, 0.3) is 0 Å². The Morgan fingerprint density at radius 2 is 1.73 bits per heavy atom. The Morgan fingerprint density at radius 3 is 2.27 bits per heavy atom. The maximum Gasteiger partial charge on any atom is 0.435 e. The van der Waals surface area contributed by atoms with Gasteiger partial charge in [-0.2, -0.15) is 26.3 Å². The van der Waals surface area contributed by atoms with Crippen molar-refractivity contribution in [2.75, 3.05) is 6.54 Å². The highest BCUT2D eigenvalue weighted by atomic mass is 35.5. The van der Waals surface area contributed by atoms with E-state index in [9.17, 15) is 31.1 Å². The maximum absolute atomic E-state index is 14.1. The molecule has 0 radical (unpaired) electrons. The lowest BCUT2D eigenvalue weighted by atomic mass is 9.86. The summed E-state index contributed by atoms with van der Waals surface area (Å²) in [6.07, 6.45) is -11.1. The number of halogens is 8. The van der Waals surface area contributed by atoms with E-state index in [0.717, 1.165) is 12.1 Å². The minimum Gasteiger partial charge on any atom is -0.374 e. The lowest BCUT2D eigenvalue weighted by Crippen LogP contribution is -2.42. The quantitative estimate of drug-likeness (QED) is 0.461. The molecule has 2 aromatic carbocycles. The molecule has 1 aliphatic heterocycles. The van der Waals surface area contributed by atoms with Crippen LogP contribution in [0, 0.1) is 6.92 Å². The molecular weight excluding hydrogens is 497 g/mol. The topological polar surface area (TPSA) is 50.7 Å². The second-order valence-electron chi connectivity index (χ2n) is 7.44. The van der Waals surface area contributed by atoms with Crippen LogP contribution in [0.5, 0.6) is 0 Å². The minimum absolute atomic E-state index is 0.00472. The van der Waals surface area contributed by atoms with E-state index < -0.39 is 43.2 Å². The van der Waals surface area contributed by atoms with E-state index in [1.807, 2.05) is 0 Å². The zero-order valence-corrected chi connectivity index (χ0v) is 18.4. The van der Waals surface area contributed by atoms with Crippen LogP contribution in [0.1, 0.15) is 39.9 Å². The smallest absolute Gasteiger partial charge is 0.374 e. The summed E-state index contributed by atoms with van der Waals surface area (Å²) in [4.78, 5) is 17.1. The molecular formula is C21H16Cl2F6N2O2. The zero-order chi connectivity index (χ0) is 24.6. The molecule has 1 N–H and O–H groups in total. The standard InChI is InChI=1S/C21H16Cl2F6N2O2/c1-11-6-12(2-3-16(11)18(32)30-5-4-20(24,25)26)17-10-19(33-31-17,21(27,28)29)13-7-14(22)9-15(23)8-13/h2-3,6-9H,4-5,10H2,1H3,(H,30,32). The van der Waals surface area contributed by atoms with Gasteiger partial charge in [0.05, 0.1) is 12.1 Å². The number of rotatable bonds is 5. The molecule has 1 amide bonds. The van der Waals surface area contributed by atoms with Crippen LogP contribution in [0.3, 0.4) is 0 Å². The molecule has 0 bridgehead atoms. The molecule has 1 heterocycles. The Hall–Kier alpha value is -2.46. The van der Waals surface area contributed by atoms with Crippen LogP contribution in [0.4, 0.5) is 26.3 Å². The molecule has 1 atom stereocenters. The third-order valence-corrected chi connectivity index (χ3v) is 5.45. The Morgan fingerprint density at radius 1 is 1.09 bits per heavy atom. The number of oxime groups is 1. The fourth-order valence-electron chi connectivity index (χ4n) is 3.36. The number of hydrogen-bond acceptors (Lipinski definition) is 3. The van der Waals surface area contributed by atoms with Crippen molar-refractivity contribution < 1.29 is 36.0 Å². The van der Waals surface area contributed by atoms with Crippen molar-refractivity contribution in [1.29, 1.82) is 0 Å². The zero-order valence-electron chi connectivity index (χ0n) is 16.9. The molecule has 1 unspecified atom stereocenters. The maximum atomic E-state index is 14.1. The van der Waals surface area contributed by atoms with E-state index in [1.165, 1.54) is 31.2 Å². The van der Waals surface area contributed by atoms with E-state index in [-0.39, 0.29) is 32.4 Å². The van der Waals surface area contributed by atoms with Crippen LogP contribution >= 0.6 is 23.2 Å². The van der Waals surface area contributed by atoms with Gasteiger partial charge in [0, 0.05) is 34.1 Å². The SMILES string of the molecule is Cc1cc(C2=NOC(c3cc(Cl)cc(Cl)c3)(C(F)(F)F)C2)ccc1C(=O)NCCC(F)(F)F. The van der Waals surface area contributed by atoms with Crippen LogP contribution in [0.15, 0.2) is 41.6 Å². The second kappa shape index (κ2) is 9.06. The lowest BCUT2D eigenvalue weighted by molar-refractivity contribution is -0.275. The summed E-state index contributed by atoms with van der Waals surface area (Å²) < 4.78 is 79.0. The first-order chi connectivity index (χ1) is 15.2. The summed E-state index contributed by atoms with van der Waals surface area (Å²) in [5, 5.41) is 5.79. The average molecular weight is 513 g/mol. The fourth-order valence-corrected chi connectivity index (χ4v) is 3.88. The van der Waals surface area contributed by atoms with Crippen molar-refractivity contribution in [2.45, 2.75) is 37.7 Å². The third kappa shape index (κ3) is 5.55. The Labute approximate surface area is 194 Å². The van der Waals surface area contributed by atoms with Crippen LogP contribution in [0.2, 0.25) is 10.0 Å². The number of alkyl halides is 6. The molecule has 33 heavy (non-hydrogen) atoms. The Kier molecular flexibility index (Phi) is 6.91. The van der Waals surface area contributed by atoms with E-state index in [4.69, 9.17) is 28.0 Å². The van der Waals surface area contributed by atoms with Crippen LogP contribution in [-0.2, 0) is 10.4 Å². The molecule has 0 spiro atoms. The van der Waals surface area contributed by atoms with E-state index in [2.05, 4.69) is 10.5 Å². The fraction of sp³-hybridized carbons (Fsp3) is 0.333. The van der Waals surface area contributed by atoms with Gasteiger partial charge in [0.1, 0.15) is 0 Å². The number of hydrogen-bond donors (Lipinski definition) is 1. The molecule has 12 heteroatoms. The number of amides is 1. The third-order valence-electron chi connectivity index (χ3n) is 5.01. The van der Waals surface area contributed by atoms with Crippen molar-refractivity contribution in [3.63, 3.8) is 0 Å². The van der Waals surface area contributed by atoms with Crippen molar-refractivity contribution in [3.8, 4) is 0 Å². The van der Waals surface area contributed by atoms with Gasteiger partial charge >= 0.3 is 12.4 Å². The van der Waals surface area contributed by atoms with Crippen molar-refractivity contribution in [3.05, 3.63) is 68.7 Å². The number of nitrogens with one attached hydrogen (secondary N) is 1. The molecule has 1 aliphatic rings. The molecule has 0 fully saturated rings. The molecule has 178 valence electrons. The highest BCUT2D eigenvalue weighted by Crippen LogP contribution is 2.49. The monoisotopic (exact) mass is 512 g/mol. The Balaban J connectivity index is 1.83. The van der Waals surface area contributed by atoms with Gasteiger partial charge in [-0.3, -0.25) is 4.79 Å². The summed E-state index contributed by atoms with van der Waals surface area (Å²) in [6, 6.07) is 7.55. The number of carbonyl (C=O) groups is 1. The summed E-state index contributed by atoms with van der Waals surface area (Å²) >= 11 is 11.8. The van der Waals surface area contributed by atoms with Crippen LogP contribution < -0.4 is 5.32 Å². The van der Waals surface area contributed by atoms with Gasteiger partial charge in [0.25, 0.3) is 11.5 Å². The van der Waals surface area contributed by atoms with Gasteiger partial charge < -0.3 is 10.2 Å². The molecule has 2 aromatic rings. The predicted octanol–water partition coefficient (Wildman–Crippen LogP) is 6.57. The normalized spacial score (nSPS) is 18.6. The first-order valence-corrected chi connectivity index (χ1v) is 10.2. The Bertz CT molecular complexity index is 1080. The molecule has 0 aliphatic carbocycles. The van der Waals surface area contributed by atoms with E-state index in [0.29, 0.717) is 5.56 Å². The second-order valence-corrected chi connectivity index (χ2v) is 8.31. The molecule has 0 saturated heterocycles. The summed E-state index contributed by atoms with van der Waals surface area (Å²) in [6.45, 7) is 0.909. The number of benzene rings is 2. The van der Waals surface area contributed by atoms with Crippen LogP contribution in [-0.4, -0.2) is 30.5 Å². The highest BCUT2D eigenvalue weighted by Gasteiger charge is 2.62. The van der Waals surface area contributed by atoms with Gasteiger partial charge in [-0.05, 0) is 48.4 Å². The van der Waals surface area contributed by atoms with Gasteiger partial charge in [0.2, 0.25) is 0 Å². The summed E-state index contributed by atoms with van der Waals surface area (Å²) in [5.41, 5.74) is -2.46. The molecule has 3 rings (SSSR count). The van der Waals surface area contributed by atoms with Gasteiger partial charge in [0.15, 0.2) is 0 Å². The molecule has 0 saturated carbocycles. The minimum atomic E-state index is -4.86. The first kappa shape index (κ1) is 25.2. The van der Waals surface area contributed by atoms with E-state index in [1.54, 1.807) is 0 Å². The summed E-state index contributed by atoms with van der Waals surface area (Å²) in [7, 11) is 0. The van der Waals surface area contributed by atoms with Gasteiger partial charge in [-0.25, -0.2) is 0 Å². The number of carbonyl (C=O) groups excluding carboxylic acids is 1. The van der Waals surface area contributed by atoms with E-state index >= 15 is 0 Å².